The van der Waals surface area contributed by atoms with E-state index in [1.165, 1.54) is 11.0 Å². The van der Waals surface area contributed by atoms with E-state index in [4.69, 9.17) is 34.8 Å². The molecule has 0 saturated heterocycles. The molecule has 1 aliphatic rings. The first-order valence-electron chi connectivity index (χ1n) is 5.01. The van der Waals surface area contributed by atoms with Gasteiger partial charge < -0.3 is 0 Å². The summed E-state index contributed by atoms with van der Waals surface area (Å²) in [6, 6.07) is 3.40. The number of halogens is 3. The number of aromatic nitrogens is 2. The van der Waals surface area contributed by atoms with Crippen LogP contribution in [-0.2, 0) is 6.54 Å². The van der Waals surface area contributed by atoms with Gasteiger partial charge in [0.05, 0.1) is 29.6 Å². The minimum absolute atomic E-state index is 0.451. The van der Waals surface area contributed by atoms with Crippen molar-refractivity contribution in [3.05, 3.63) is 45.2 Å². The lowest BCUT2D eigenvalue weighted by atomic mass is 10.2. The highest BCUT2D eigenvalue weighted by Crippen LogP contribution is 2.34. The molecule has 0 fully saturated rings. The van der Waals surface area contributed by atoms with Crippen LogP contribution in [-0.4, -0.2) is 9.89 Å². The number of hydrogen-bond donors (Lipinski definition) is 0. The zero-order valence-electron chi connectivity index (χ0n) is 8.89. The van der Waals surface area contributed by atoms with E-state index in [0.717, 1.165) is 5.56 Å². The number of benzene rings is 1. The Hall–Kier alpha value is -1.30. The maximum atomic E-state index is 6.14. The van der Waals surface area contributed by atoms with Crippen LogP contribution >= 0.6 is 34.8 Å². The van der Waals surface area contributed by atoms with Crippen LogP contribution in [0.25, 0.3) is 0 Å². The highest BCUT2D eigenvalue weighted by molar-refractivity contribution is 6.35. The predicted molar refractivity (Wildman–Crippen MR) is 70.1 cm³/mol. The van der Waals surface area contributed by atoms with Crippen LogP contribution in [0.2, 0.25) is 15.1 Å². The maximum absolute atomic E-state index is 6.14. The summed E-state index contributed by atoms with van der Waals surface area (Å²) in [6.07, 6.45) is 3.16. The molecule has 0 N–H and O–H groups in total. The normalized spacial score (nSPS) is 13.8. The molecule has 0 unspecified atom stereocenters. The maximum Gasteiger partial charge on any atom is 0.0956 e. The summed E-state index contributed by atoms with van der Waals surface area (Å²) in [6.45, 7) is 0.451. The summed E-state index contributed by atoms with van der Waals surface area (Å²) in [5, 5.41) is 15.3. The fourth-order valence-corrected chi connectivity index (χ4v) is 2.31. The number of hydrogen-bond acceptors (Lipinski definition) is 4. The highest BCUT2D eigenvalue weighted by Gasteiger charge is 2.19. The molecular weight excluding hydrogens is 297 g/mol. The van der Waals surface area contributed by atoms with Gasteiger partial charge in [-0.3, -0.25) is 0 Å². The Morgan fingerprint density at radius 1 is 1.11 bits per heavy atom. The van der Waals surface area contributed by atoms with Gasteiger partial charge in [-0.2, -0.15) is 15.0 Å². The van der Waals surface area contributed by atoms with Crippen LogP contribution in [0.5, 0.6) is 0 Å². The van der Waals surface area contributed by atoms with Crippen LogP contribution in [0.3, 0.4) is 0 Å². The Balaban J connectivity index is 1.99. The summed E-state index contributed by atoms with van der Waals surface area (Å²) in [7, 11) is 0. The average Bonchev–Trinajstić information content (AvgIpc) is 2.75. The molecule has 0 radical (unpaired) electrons. The van der Waals surface area contributed by atoms with Crippen molar-refractivity contribution in [1.29, 1.82) is 0 Å². The van der Waals surface area contributed by atoms with Crippen molar-refractivity contribution in [2.45, 2.75) is 6.54 Å². The van der Waals surface area contributed by atoms with Gasteiger partial charge in [0.2, 0.25) is 0 Å². The van der Waals surface area contributed by atoms with E-state index in [1.54, 1.807) is 23.4 Å². The molecule has 3 rings (SSSR count). The molecule has 0 atom stereocenters. The smallest absolute Gasteiger partial charge is 0.0956 e. The molecule has 92 valence electrons. The van der Waals surface area contributed by atoms with E-state index < -0.39 is 0 Å². The van der Waals surface area contributed by atoms with Crippen molar-refractivity contribution in [2.75, 3.05) is 5.12 Å². The molecule has 1 aromatic carbocycles. The molecule has 2 heterocycles. The van der Waals surface area contributed by atoms with Crippen molar-refractivity contribution >= 4 is 40.5 Å². The number of nitrogens with zero attached hydrogens (tertiary/aromatic N) is 5. The lowest BCUT2D eigenvalue weighted by Crippen LogP contribution is -2.30. The van der Waals surface area contributed by atoms with Gasteiger partial charge in [0.25, 0.3) is 0 Å². The topological polar surface area (TPSA) is 45.8 Å². The van der Waals surface area contributed by atoms with E-state index in [9.17, 15) is 0 Å². The molecule has 1 aromatic heterocycles. The summed E-state index contributed by atoms with van der Waals surface area (Å²) in [4.78, 5) is 1.50. The third-order valence-electron chi connectivity index (χ3n) is 2.47. The van der Waals surface area contributed by atoms with Crippen LogP contribution in [0, 0.1) is 0 Å². The number of rotatable bonds is 1. The largest absolute Gasteiger partial charge is 0.161 e. The third kappa shape index (κ3) is 2.05. The third-order valence-corrected chi connectivity index (χ3v) is 3.22. The van der Waals surface area contributed by atoms with Crippen LogP contribution in [0.15, 0.2) is 34.9 Å². The summed E-state index contributed by atoms with van der Waals surface area (Å²) >= 11 is 17.8. The van der Waals surface area contributed by atoms with E-state index in [0.29, 0.717) is 27.3 Å². The Bertz CT molecular complexity index is 636. The van der Waals surface area contributed by atoms with Gasteiger partial charge in [-0.15, -0.1) is 5.11 Å². The molecule has 0 aliphatic carbocycles. The van der Waals surface area contributed by atoms with Crippen molar-refractivity contribution in [3.8, 4) is 0 Å². The van der Waals surface area contributed by atoms with E-state index in [-0.39, 0.29) is 0 Å². The molecule has 8 heteroatoms. The predicted octanol–water partition coefficient (Wildman–Crippen LogP) is 3.99. The standard InChI is InChI=1S/C10H6Cl3N5/c11-6-1-9(13)8-5-18(16-15-10(8)2-6)17-4-7(12)3-14-17/h1-4H,5H2. The molecule has 18 heavy (non-hydrogen) atoms. The zero-order chi connectivity index (χ0) is 12.7. The Morgan fingerprint density at radius 2 is 1.94 bits per heavy atom. The summed E-state index contributed by atoms with van der Waals surface area (Å²) < 4.78 is 0. The average molecular weight is 303 g/mol. The molecule has 0 amide bonds. The Labute approximate surface area is 118 Å². The van der Waals surface area contributed by atoms with E-state index in [2.05, 4.69) is 15.4 Å². The van der Waals surface area contributed by atoms with Gasteiger partial charge in [-0.25, -0.2) is 0 Å². The second-order valence-corrected chi connectivity index (χ2v) is 4.96. The second-order valence-electron chi connectivity index (χ2n) is 3.68. The first kappa shape index (κ1) is 11.8. The van der Waals surface area contributed by atoms with Gasteiger partial charge >= 0.3 is 0 Å². The van der Waals surface area contributed by atoms with Gasteiger partial charge in [0.15, 0.2) is 0 Å². The molecule has 1 aliphatic heterocycles. The molecule has 2 aromatic rings. The monoisotopic (exact) mass is 301 g/mol. The van der Waals surface area contributed by atoms with Crippen molar-refractivity contribution in [3.63, 3.8) is 0 Å². The molecule has 5 nitrogen and oxygen atoms in total. The van der Waals surface area contributed by atoms with Gasteiger partial charge in [0.1, 0.15) is 0 Å². The fourth-order valence-electron chi connectivity index (χ4n) is 1.64. The molecule has 0 bridgehead atoms. The lowest BCUT2D eigenvalue weighted by Gasteiger charge is -2.22. The Kier molecular flexibility index (Phi) is 2.89. The van der Waals surface area contributed by atoms with Crippen molar-refractivity contribution in [2.24, 2.45) is 10.3 Å². The Morgan fingerprint density at radius 3 is 2.67 bits per heavy atom. The summed E-state index contributed by atoms with van der Waals surface area (Å²) in [5.41, 5.74) is 1.52. The quantitative estimate of drug-likeness (QED) is 0.799. The van der Waals surface area contributed by atoms with Crippen molar-refractivity contribution < 1.29 is 0 Å². The SMILES string of the molecule is Clc1cc(Cl)c2c(c1)N=NN(n1cc(Cl)cn1)C2. The van der Waals surface area contributed by atoms with Crippen LogP contribution < -0.4 is 5.12 Å². The second kappa shape index (κ2) is 4.42. The minimum Gasteiger partial charge on any atom is -0.161 e. The molecule has 0 spiro atoms. The first-order chi connectivity index (χ1) is 8.63. The zero-order valence-corrected chi connectivity index (χ0v) is 11.2. The lowest BCUT2D eigenvalue weighted by molar-refractivity contribution is 0.514. The van der Waals surface area contributed by atoms with Crippen LogP contribution in [0.1, 0.15) is 5.56 Å². The number of fused-ring (bicyclic) bond motifs is 1. The summed E-state index contributed by atoms with van der Waals surface area (Å²) in [5.74, 6) is 0. The van der Waals surface area contributed by atoms with Gasteiger partial charge in [-0.05, 0) is 17.4 Å². The highest BCUT2D eigenvalue weighted by atomic mass is 35.5. The van der Waals surface area contributed by atoms with Crippen LogP contribution in [0.4, 0.5) is 5.69 Å². The van der Waals surface area contributed by atoms with Gasteiger partial charge in [-0.1, -0.05) is 34.8 Å². The molecular formula is C10H6Cl3N5. The van der Waals surface area contributed by atoms with Crippen molar-refractivity contribution in [1.82, 2.24) is 9.89 Å². The molecule has 0 saturated carbocycles. The van der Waals surface area contributed by atoms with E-state index >= 15 is 0 Å². The minimum atomic E-state index is 0.451. The fraction of sp³-hybridized carbons (Fsp3) is 0.100. The van der Waals surface area contributed by atoms with Gasteiger partial charge in [0, 0.05) is 15.6 Å². The first-order valence-corrected chi connectivity index (χ1v) is 6.14. The van der Waals surface area contributed by atoms with E-state index in [1.807, 2.05) is 0 Å².